The number of aliphatic hydroxyl groups excluding tert-OH is 5. The molecule has 4 aliphatic rings. The van der Waals surface area contributed by atoms with E-state index in [-0.39, 0.29) is 12.0 Å². The Labute approximate surface area is 165 Å². The molecule has 3 fully saturated rings. The predicted octanol–water partition coefficient (Wildman–Crippen LogP) is -3.09. The zero-order chi connectivity index (χ0) is 20.9. The van der Waals surface area contributed by atoms with Crippen molar-refractivity contribution in [2.24, 2.45) is 11.8 Å². The van der Waals surface area contributed by atoms with Gasteiger partial charge in [-0.25, -0.2) is 4.79 Å². The maximum atomic E-state index is 12.1. The van der Waals surface area contributed by atoms with Crippen LogP contribution < -0.4 is 0 Å². The zero-order valence-corrected chi connectivity index (χ0v) is 15.4. The summed E-state index contributed by atoms with van der Waals surface area (Å²) in [5.41, 5.74) is 0.224. The highest BCUT2D eigenvalue weighted by atomic mass is 16.8. The van der Waals surface area contributed by atoms with Crippen molar-refractivity contribution in [3.63, 3.8) is 0 Å². The first kappa shape index (κ1) is 20.9. The molecule has 4 aliphatic heterocycles. The Morgan fingerprint density at radius 2 is 1.86 bits per heavy atom. The van der Waals surface area contributed by atoms with Crippen molar-refractivity contribution in [2.45, 2.75) is 62.1 Å². The van der Waals surface area contributed by atoms with E-state index in [0.29, 0.717) is 0 Å². The van der Waals surface area contributed by atoms with Crippen LogP contribution in [0.15, 0.2) is 11.8 Å². The van der Waals surface area contributed by atoms with Crippen LogP contribution >= 0.6 is 0 Å². The van der Waals surface area contributed by atoms with Crippen LogP contribution in [0.25, 0.3) is 0 Å². The van der Waals surface area contributed by atoms with Crippen LogP contribution in [0.2, 0.25) is 0 Å². The smallest absolute Gasteiger partial charge is 0.337 e. The number of aliphatic hydroxyl groups is 5. The number of carbonyl (C=O) groups excluding carboxylic acids is 1. The summed E-state index contributed by atoms with van der Waals surface area (Å²) in [6.07, 6.45) is -10.0. The average Bonchev–Trinajstić information content (AvgIpc) is 3.01. The van der Waals surface area contributed by atoms with Crippen molar-refractivity contribution in [3.05, 3.63) is 11.8 Å². The maximum Gasteiger partial charge on any atom is 0.337 e. The van der Waals surface area contributed by atoms with Crippen LogP contribution in [0, 0.1) is 11.8 Å². The molecule has 0 aromatic rings. The van der Waals surface area contributed by atoms with E-state index in [0.717, 1.165) is 0 Å². The third-order valence-electron chi connectivity index (χ3n) is 5.75. The first-order valence-electron chi connectivity index (χ1n) is 9.24. The topological polar surface area (TPSA) is 174 Å². The number of ether oxygens (including phenoxy) is 6. The van der Waals surface area contributed by atoms with Gasteiger partial charge in [-0.3, -0.25) is 0 Å². The molecule has 12 heteroatoms. The number of rotatable bonds is 4. The molecule has 29 heavy (non-hydrogen) atoms. The van der Waals surface area contributed by atoms with Crippen molar-refractivity contribution in [1.82, 2.24) is 0 Å². The van der Waals surface area contributed by atoms with Gasteiger partial charge in [0.15, 0.2) is 18.9 Å². The Morgan fingerprint density at radius 3 is 2.55 bits per heavy atom. The van der Waals surface area contributed by atoms with Gasteiger partial charge in [-0.1, -0.05) is 0 Å². The SMILES string of the molecule is COC(=O)C1=CO[C@@H](O[C@@H]2O[C@H](CO)[C@@H](O)[C@@H](O)[C@@H]2O)[C@@H]2[C@@H]3O[C@H](C[C@H]12)O[C@H]3O. The molecule has 0 radical (unpaired) electrons. The highest BCUT2D eigenvalue weighted by Gasteiger charge is 2.57. The molecule has 0 aliphatic carbocycles. The fourth-order valence-electron chi connectivity index (χ4n) is 4.24. The number of methoxy groups -OCH3 is 1. The highest BCUT2D eigenvalue weighted by molar-refractivity contribution is 5.88. The summed E-state index contributed by atoms with van der Waals surface area (Å²) in [5.74, 6) is -1.83. The Kier molecular flexibility index (Phi) is 5.81. The molecular formula is C17H24O12. The number of hydrogen-bond acceptors (Lipinski definition) is 12. The number of hydrogen-bond donors (Lipinski definition) is 5. The second-order valence-electron chi connectivity index (χ2n) is 7.38. The molecule has 0 spiro atoms. The lowest BCUT2D eigenvalue weighted by Crippen LogP contribution is -2.61. The minimum absolute atomic E-state index is 0.224. The van der Waals surface area contributed by atoms with Gasteiger partial charge in [0.25, 0.3) is 0 Å². The van der Waals surface area contributed by atoms with Crippen molar-refractivity contribution >= 4 is 5.97 Å². The van der Waals surface area contributed by atoms with E-state index in [9.17, 15) is 30.3 Å². The van der Waals surface area contributed by atoms with Crippen LogP contribution in [-0.4, -0.2) is 101 Å². The Balaban J connectivity index is 1.58. The number of esters is 1. The molecule has 0 aromatic heterocycles. The fourth-order valence-corrected chi connectivity index (χ4v) is 4.24. The Bertz CT molecular complexity index is 652. The van der Waals surface area contributed by atoms with E-state index in [1.54, 1.807) is 0 Å². The Hall–Kier alpha value is -1.35. The molecule has 2 bridgehead atoms. The van der Waals surface area contributed by atoms with Gasteiger partial charge in [-0.15, -0.1) is 0 Å². The van der Waals surface area contributed by atoms with Crippen LogP contribution in [0.3, 0.4) is 0 Å². The molecule has 11 atom stereocenters. The van der Waals surface area contributed by atoms with Gasteiger partial charge >= 0.3 is 5.97 Å². The van der Waals surface area contributed by atoms with Gasteiger partial charge in [0.2, 0.25) is 6.29 Å². The number of carbonyl (C=O) groups is 1. The normalized spacial score (nSPS) is 49.0. The van der Waals surface area contributed by atoms with Gasteiger partial charge in [-0.05, 0) is 0 Å². The molecule has 0 unspecified atom stereocenters. The average molecular weight is 420 g/mol. The molecule has 4 rings (SSSR count). The first-order chi connectivity index (χ1) is 13.8. The standard InChI is InChI=1S/C17H24O12/c1-24-14(22)6-4-25-16(9-5(6)2-8-27-13(9)15(23)28-8)29-17-12(21)11(20)10(19)7(3-18)26-17/h4-5,7-13,15-21,23H,2-3H2,1H3/t5-,7-,8+,9+,10-,11-,12+,13+,15-,16+,17+/m1/s1. The van der Waals surface area contributed by atoms with Gasteiger partial charge < -0.3 is 54.0 Å². The van der Waals surface area contributed by atoms with Crippen LogP contribution in [0.1, 0.15) is 6.42 Å². The quantitative estimate of drug-likeness (QED) is 0.291. The van der Waals surface area contributed by atoms with Crippen LogP contribution in [0.5, 0.6) is 0 Å². The van der Waals surface area contributed by atoms with Gasteiger partial charge in [0.1, 0.15) is 30.5 Å². The second-order valence-corrected chi connectivity index (χ2v) is 7.38. The monoisotopic (exact) mass is 420 g/mol. The van der Waals surface area contributed by atoms with Crippen molar-refractivity contribution in [2.75, 3.05) is 13.7 Å². The van der Waals surface area contributed by atoms with Crippen molar-refractivity contribution in [1.29, 1.82) is 0 Å². The summed E-state index contributed by atoms with van der Waals surface area (Å²) in [4.78, 5) is 12.1. The molecule has 4 heterocycles. The molecule has 12 nitrogen and oxygen atoms in total. The zero-order valence-electron chi connectivity index (χ0n) is 15.4. The van der Waals surface area contributed by atoms with Crippen molar-refractivity contribution < 1.29 is 58.7 Å². The summed E-state index contributed by atoms with van der Waals surface area (Å²) in [6, 6.07) is 0. The highest BCUT2D eigenvalue weighted by Crippen LogP contribution is 2.47. The minimum Gasteiger partial charge on any atom is -0.471 e. The van der Waals surface area contributed by atoms with Gasteiger partial charge in [0, 0.05) is 12.3 Å². The van der Waals surface area contributed by atoms with Gasteiger partial charge in [-0.2, -0.15) is 0 Å². The molecular weight excluding hydrogens is 396 g/mol. The van der Waals surface area contributed by atoms with E-state index >= 15 is 0 Å². The van der Waals surface area contributed by atoms with E-state index in [1.807, 2.05) is 0 Å². The molecule has 5 N–H and O–H groups in total. The van der Waals surface area contributed by atoms with E-state index in [1.165, 1.54) is 13.4 Å². The molecule has 164 valence electrons. The maximum absolute atomic E-state index is 12.1. The van der Waals surface area contributed by atoms with Crippen molar-refractivity contribution in [3.8, 4) is 0 Å². The first-order valence-corrected chi connectivity index (χ1v) is 9.24. The summed E-state index contributed by atoms with van der Waals surface area (Å²) >= 11 is 0. The molecule has 3 saturated heterocycles. The fraction of sp³-hybridized carbons (Fsp3) is 0.824. The van der Waals surface area contributed by atoms with Gasteiger partial charge in [0.05, 0.1) is 31.5 Å². The molecule has 0 saturated carbocycles. The molecule has 0 aromatic carbocycles. The van der Waals surface area contributed by atoms with Crippen LogP contribution in [-0.2, 0) is 33.2 Å². The third kappa shape index (κ3) is 3.54. The Morgan fingerprint density at radius 1 is 1.10 bits per heavy atom. The summed E-state index contributed by atoms with van der Waals surface area (Å²) in [6.45, 7) is -0.616. The summed E-state index contributed by atoms with van der Waals surface area (Å²) in [5, 5.41) is 49.6. The largest absolute Gasteiger partial charge is 0.471 e. The minimum atomic E-state index is -1.64. The molecule has 0 amide bonds. The van der Waals surface area contributed by atoms with E-state index in [4.69, 9.17) is 28.4 Å². The van der Waals surface area contributed by atoms with Crippen LogP contribution in [0.4, 0.5) is 0 Å². The second kappa shape index (κ2) is 8.06. The summed E-state index contributed by atoms with van der Waals surface area (Å²) < 4.78 is 32.3. The summed E-state index contributed by atoms with van der Waals surface area (Å²) in [7, 11) is 1.23. The lowest BCUT2D eigenvalue weighted by molar-refractivity contribution is -0.348. The lowest BCUT2D eigenvalue weighted by atomic mass is 9.77. The number of fused-ring (bicyclic) bond motifs is 4. The third-order valence-corrected chi connectivity index (χ3v) is 5.75. The van der Waals surface area contributed by atoms with E-state index < -0.39 is 80.1 Å². The van der Waals surface area contributed by atoms with E-state index in [2.05, 4.69) is 0 Å². The predicted molar refractivity (Wildman–Crippen MR) is 87.2 cm³/mol. The lowest BCUT2D eigenvalue weighted by Gasteiger charge is -2.45.